The predicted octanol–water partition coefficient (Wildman–Crippen LogP) is 1.77. The number of nitrogens with zero attached hydrogens (tertiary/aromatic N) is 1. The van der Waals surface area contributed by atoms with Crippen LogP contribution in [-0.4, -0.2) is 17.4 Å². The highest BCUT2D eigenvalue weighted by Crippen LogP contribution is 2.22. The summed E-state index contributed by atoms with van der Waals surface area (Å²) in [5.74, 6) is -0.319. The van der Waals surface area contributed by atoms with Gasteiger partial charge < -0.3 is 11.1 Å². The fourth-order valence-corrected chi connectivity index (χ4v) is 1.31. The highest BCUT2D eigenvalue weighted by Gasteiger charge is 2.24. The van der Waals surface area contributed by atoms with E-state index in [2.05, 4.69) is 26.2 Å². The molecule has 0 atom stereocenters. The Morgan fingerprint density at radius 1 is 1.67 bits per heavy atom. The first-order valence-electron chi connectivity index (χ1n) is 4.57. The number of amides is 1. The second-order valence-corrected chi connectivity index (χ2v) is 4.81. The van der Waals surface area contributed by atoms with Crippen LogP contribution >= 0.6 is 15.9 Å². The minimum atomic E-state index is -0.567. The topological polar surface area (TPSA) is 68.0 Å². The van der Waals surface area contributed by atoms with Crippen LogP contribution in [-0.2, 0) is 4.79 Å². The Hall–Kier alpha value is -1.10. The summed E-state index contributed by atoms with van der Waals surface area (Å²) >= 11 is 3.36. The maximum atomic E-state index is 11.1. The number of carbonyl (C=O) groups excluding carboxylic acids is 1. The minimum Gasteiger partial charge on any atom is -0.383 e. The van der Waals surface area contributed by atoms with Crippen LogP contribution in [0.1, 0.15) is 13.8 Å². The van der Waals surface area contributed by atoms with Crippen LogP contribution in [0.3, 0.4) is 0 Å². The van der Waals surface area contributed by atoms with E-state index in [1.54, 1.807) is 26.2 Å². The number of halogens is 1. The van der Waals surface area contributed by atoms with Crippen molar-refractivity contribution in [1.29, 1.82) is 0 Å². The number of pyridine rings is 1. The molecule has 0 bridgehead atoms. The molecule has 5 heteroatoms. The average molecular weight is 272 g/mol. The fraction of sp³-hybridized carbons (Fsp3) is 0.400. The Bertz CT molecular complexity index is 365. The number of primary amides is 1. The molecule has 1 heterocycles. The SMILES string of the molecule is CC(C)(CNc1ccncc1Br)C(N)=O. The molecule has 0 radical (unpaired) electrons. The van der Waals surface area contributed by atoms with E-state index in [4.69, 9.17) is 5.73 Å². The number of rotatable bonds is 4. The van der Waals surface area contributed by atoms with E-state index in [1.165, 1.54) is 0 Å². The lowest BCUT2D eigenvalue weighted by molar-refractivity contribution is -0.125. The molecule has 1 rings (SSSR count). The van der Waals surface area contributed by atoms with E-state index in [9.17, 15) is 4.79 Å². The molecule has 1 amide bonds. The molecule has 15 heavy (non-hydrogen) atoms. The number of aromatic nitrogens is 1. The van der Waals surface area contributed by atoms with Gasteiger partial charge in [0.25, 0.3) is 0 Å². The van der Waals surface area contributed by atoms with Gasteiger partial charge in [-0.25, -0.2) is 0 Å². The zero-order valence-electron chi connectivity index (χ0n) is 8.75. The standard InChI is InChI=1S/C10H14BrN3O/c1-10(2,9(12)15)6-14-8-3-4-13-5-7(8)11/h3-5H,6H2,1-2H3,(H2,12,15)(H,13,14). The van der Waals surface area contributed by atoms with Crippen LogP contribution in [0.25, 0.3) is 0 Å². The smallest absolute Gasteiger partial charge is 0.224 e. The molecule has 0 aliphatic carbocycles. The zero-order chi connectivity index (χ0) is 11.5. The third kappa shape index (κ3) is 3.20. The molecule has 0 unspecified atom stereocenters. The van der Waals surface area contributed by atoms with E-state index in [0.29, 0.717) is 6.54 Å². The van der Waals surface area contributed by atoms with Gasteiger partial charge in [0.1, 0.15) is 0 Å². The van der Waals surface area contributed by atoms with E-state index < -0.39 is 5.41 Å². The van der Waals surface area contributed by atoms with Crippen LogP contribution in [0, 0.1) is 5.41 Å². The fourth-order valence-electron chi connectivity index (χ4n) is 0.922. The van der Waals surface area contributed by atoms with Crippen molar-refractivity contribution in [2.45, 2.75) is 13.8 Å². The van der Waals surface area contributed by atoms with Crippen molar-refractivity contribution in [3.8, 4) is 0 Å². The summed E-state index contributed by atoms with van der Waals surface area (Å²) in [4.78, 5) is 15.0. The number of anilines is 1. The first-order chi connectivity index (χ1) is 6.93. The highest BCUT2D eigenvalue weighted by atomic mass is 79.9. The maximum absolute atomic E-state index is 11.1. The van der Waals surface area contributed by atoms with Crippen LogP contribution in [0.4, 0.5) is 5.69 Å². The molecule has 0 saturated carbocycles. The predicted molar refractivity (Wildman–Crippen MR) is 63.4 cm³/mol. The van der Waals surface area contributed by atoms with Gasteiger partial charge in [0.2, 0.25) is 5.91 Å². The Kier molecular flexibility index (Phi) is 3.68. The van der Waals surface area contributed by atoms with E-state index in [-0.39, 0.29) is 5.91 Å². The summed E-state index contributed by atoms with van der Waals surface area (Å²) in [5, 5.41) is 3.15. The zero-order valence-corrected chi connectivity index (χ0v) is 10.3. The van der Waals surface area contributed by atoms with Crippen molar-refractivity contribution < 1.29 is 4.79 Å². The lowest BCUT2D eigenvalue weighted by Crippen LogP contribution is -2.37. The molecule has 0 aromatic carbocycles. The third-order valence-corrected chi connectivity index (χ3v) is 2.79. The van der Waals surface area contributed by atoms with Crippen molar-refractivity contribution in [3.63, 3.8) is 0 Å². The monoisotopic (exact) mass is 271 g/mol. The summed E-state index contributed by atoms with van der Waals surface area (Å²) in [7, 11) is 0. The van der Waals surface area contributed by atoms with Crippen LogP contribution in [0.15, 0.2) is 22.9 Å². The van der Waals surface area contributed by atoms with Crippen molar-refractivity contribution in [1.82, 2.24) is 4.98 Å². The largest absolute Gasteiger partial charge is 0.383 e. The summed E-state index contributed by atoms with van der Waals surface area (Å²) < 4.78 is 0.866. The van der Waals surface area contributed by atoms with Gasteiger partial charge in [-0.1, -0.05) is 0 Å². The number of nitrogens with one attached hydrogen (secondary N) is 1. The molecule has 82 valence electrons. The van der Waals surface area contributed by atoms with Gasteiger partial charge in [0, 0.05) is 18.9 Å². The molecule has 0 fully saturated rings. The summed E-state index contributed by atoms with van der Waals surface area (Å²) in [6.07, 6.45) is 3.38. The lowest BCUT2D eigenvalue weighted by atomic mass is 9.93. The average Bonchev–Trinajstić information content (AvgIpc) is 2.16. The minimum absolute atomic E-state index is 0.319. The molecule has 3 N–H and O–H groups in total. The summed E-state index contributed by atoms with van der Waals surface area (Å²) in [5.41, 5.74) is 5.60. The third-order valence-electron chi connectivity index (χ3n) is 2.16. The van der Waals surface area contributed by atoms with E-state index in [1.807, 2.05) is 6.07 Å². The Morgan fingerprint density at radius 2 is 2.33 bits per heavy atom. The first-order valence-corrected chi connectivity index (χ1v) is 5.36. The van der Waals surface area contributed by atoms with Gasteiger partial charge in [-0.3, -0.25) is 9.78 Å². The number of hydrogen-bond acceptors (Lipinski definition) is 3. The molecule has 1 aromatic heterocycles. The van der Waals surface area contributed by atoms with Gasteiger partial charge >= 0.3 is 0 Å². The number of nitrogens with two attached hydrogens (primary N) is 1. The number of carbonyl (C=O) groups is 1. The summed E-state index contributed by atoms with van der Waals surface area (Å²) in [6, 6.07) is 1.83. The molecule has 0 saturated heterocycles. The van der Waals surface area contributed by atoms with Crippen molar-refractivity contribution >= 4 is 27.5 Å². The molecule has 1 aromatic rings. The maximum Gasteiger partial charge on any atom is 0.224 e. The summed E-state index contributed by atoms with van der Waals surface area (Å²) in [6.45, 7) is 4.10. The highest BCUT2D eigenvalue weighted by molar-refractivity contribution is 9.10. The molecule has 0 spiro atoms. The first kappa shape index (κ1) is 12.0. The Labute approximate surface area is 97.4 Å². The van der Waals surface area contributed by atoms with Gasteiger partial charge in [-0.15, -0.1) is 0 Å². The van der Waals surface area contributed by atoms with Crippen LogP contribution in [0.5, 0.6) is 0 Å². The second-order valence-electron chi connectivity index (χ2n) is 3.96. The van der Waals surface area contributed by atoms with E-state index >= 15 is 0 Å². The van der Waals surface area contributed by atoms with E-state index in [0.717, 1.165) is 10.2 Å². The normalized spacial score (nSPS) is 11.1. The molecule has 0 aliphatic rings. The van der Waals surface area contributed by atoms with Gasteiger partial charge in [-0.05, 0) is 35.8 Å². The molecular formula is C10H14BrN3O. The van der Waals surface area contributed by atoms with Gasteiger partial charge in [0.15, 0.2) is 0 Å². The van der Waals surface area contributed by atoms with Crippen LogP contribution < -0.4 is 11.1 Å². The lowest BCUT2D eigenvalue weighted by Gasteiger charge is -2.21. The van der Waals surface area contributed by atoms with Crippen molar-refractivity contribution in [3.05, 3.63) is 22.9 Å². The van der Waals surface area contributed by atoms with Gasteiger partial charge in [0.05, 0.1) is 15.6 Å². The number of hydrogen-bond donors (Lipinski definition) is 2. The molecular weight excluding hydrogens is 258 g/mol. The molecule has 4 nitrogen and oxygen atoms in total. The van der Waals surface area contributed by atoms with Crippen molar-refractivity contribution in [2.75, 3.05) is 11.9 Å². The quantitative estimate of drug-likeness (QED) is 0.877. The van der Waals surface area contributed by atoms with Gasteiger partial charge in [-0.2, -0.15) is 0 Å². The Balaban J connectivity index is 2.66. The van der Waals surface area contributed by atoms with Crippen molar-refractivity contribution in [2.24, 2.45) is 11.1 Å². The molecule has 0 aliphatic heterocycles. The second kappa shape index (κ2) is 4.61. The van der Waals surface area contributed by atoms with Crippen LogP contribution in [0.2, 0.25) is 0 Å². The Morgan fingerprint density at radius 3 is 2.87 bits per heavy atom.